The lowest BCUT2D eigenvalue weighted by Gasteiger charge is -2.18. The van der Waals surface area contributed by atoms with Gasteiger partial charge in [-0.2, -0.15) is 0 Å². The van der Waals surface area contributed by atoms with Gasteiger partial charge in [0, 0.05) is 6.42 Å². The minimum atomic E-state index is -0.456. The molecule has 2 N–H and O–H groups in total. The van der Waals surface area contributed by atoms with Gasteiger partial charge in [-0.15, -0.1) is 0 Å². The Balaban J connectivity index is 1.98. The normalized spacial score (nSPS) is 10.5. The third-order valence-electron chi connectivity index (χ3n) is 4.11. The smallest absolute Gasteiger partial charge is 0.250 e. The first-order valence-electron chi connectivity index (χ1n) is 8.91. The largest absolute Gasteiger partial charge is 0.273 e. The average Bonchev–Trinajstić information content (AvgIpc) is 2.65. The van der Waals surface area contributed by atoms with E-state index in [9.17, 15) is 9.59 Å². The Morgan fingerprint density at radius 1 is 0.800 bits per heavy atom. The van der Waals surface area contributed by atoms with Crippen LogP contribution in [-0.2, 0) is 9.59 Å². The van der Waals surface area contributed by atoms with Crippen LogP contribution in [0.2, 0.25) is 0 Å². The predicted molar refractivity (Wildman–Crippen MR) is 99.8 cm³/mol. The van der Waals surface area contributed by atoms with Crippen molar-refractivity contribution in [2.75, 3.05) is 0 Å². The molecule has 2 aromatic carbocycles. The highest BCUT2D eigenvalue weighted by Crippen LogP contribution is 2.24. The second-order valence-electron chi connectivity index (χ2n) is 6.10. The fourth-order valence-electron chi connectivity index (χ4n) is 2.76. The Hall–Kier alpha value is -2.62. The molecular formula is C21H26N2O2. The fourth-order valence-corrected chi connectivity index (χ4v) is 2.76. The number of rotatable bonds is 8. The molecule has 4 nitrogen and oxygen atoms in total. The zero-order valence-corrected chi connectivity index (χ0v) is 14.7. The summed E-state index contributed by atoms with van der Waals surface area (Å²) in [6.45, 7) is 2.13. The van der Waals surface area contributed by atoms with Crippen molar-refractivity contribution < 1.29 is 9.59 Å². The first-order chi connectivity index (χ1) is 12.2. The highest BCUT2D eigenvalue weighted by molar-refractivity contribution is 5.89. The third-order valence-corrected chi connectivity index (χ3v) is 4.11. The third kappa shape index (κ3) is 6.07. The standard InChI is InChI=1S/C21H26N2O2/c1-2-3-4-11-16-19(24)22-23-21(25)20(17-12-7-5-8-13-17)18-14-9-6-10-15-18/h5-10,12-15,20H,2-4,11,16H2,1H3,(H,22,24)(H,23,25). The summed E-state index contributed by atoms with van der Waals surface area (Å²) in [7, 11) is 0. The van der Waals surface area contributed by atoms with Crippen molar-refractivity contribution in [1.29, 1.82) is 0 Å². The molecule has 0 saturated heterocycles. The molecule has 0 fully saturated rings. The molecule has 25 heavy (non-hydrogen) atoms. The molecule has 0 atom stereocenters. The molecule has 2 aromatic rings. The van der Waals surface area contributed by atoms with E-state index < -0.39 is 5.92 Å². The molecule has 0 saturated carbocycles. The zero-order chi connectivity index (χ0) is 17.9. The summed E-state index contributed by atoms with van der Waals surface area (Å²) in [6.07, 6.45) is 4.57. The van der Waals surface area contributed by atoms with Gasteiger partial charge in [0.1, 0.15) is 0 Å². The van der Waals surface area contributed by atoms with Gasteiger partial charge in [0.25, 0.3) is 0 Å². The number of nitrogens with one attached hydrogen (secondary N) is 2. The van der Waals surface area contributed by atoms with E-state index in [0.29, 0.717) is 6.42 Å². The average molecular weight is 338 g/mol. The van der Waals surface area contributed by atoms with Crippen LogP contribution in [0.25, 0.3) is 0 Å². The van der Waals surface area contributed by atoms with Crippen LogP contribution in [0.3, 0.4) is 0 Å². The summed E-state index contributed by atoms with van der Waals surface area (Å²) in [5.41, 5.74) is 6.91. The molecule has 0 aromatic heterocycles. The predicted octanol–water partition coefficient (Wildman–Crippen LogP) is 3.94. The minimum Gasteiger partial charge on any atom is -0.273 e. The van der Waals surface area contributed by atoms with Crippen molar-refractivity contribution >= 4 is 11.8 Å². The maximum Gasteiger partial charge on any atom is 0.250 e. The maximum absolute atomic E-state index is 12.7. The van der Waals surface area contributed by atoms with E-state index in [-0.39, 0.29) is 11.8 Å². The molecule has 4 heteroatoms. The molecule has 0 bridgehead atoms. The number of carbonyl (C=O) groups is 2. The number of amides is 2. The van der Waals surface area contributed by atoms with Crippen LogP contribution in [0.1, 0.15) is 56.1 Å². The van der Waals surface area contributed by atoms with Gasteiger partial charge in [0.15, 0.2) is 0 Å². The highest BCUT2D eigenvalue weighted by Gasteiger charge is 2.22. The van der Waals surface area contributed by atoms with Crippen molar-refractivity contribution in [2.45, 2.75) is 44.9 Å². The van der Waals surface area contributed by atoms with E-state index in [2.05, 4.69) is 17.8 Å². The van der Waals surface area contributed by atoms with Crippen LogP contribution in [0.15, 0.2) is 60.7 Å². The van der Waals surface area contributed by atoms with Crippen LogP contribution in [0, 0.1) is 0 Å². The van der Waals surface area contributed by atoms with Crippen molar-refractivity contribution in [3.63, 3.8) is 0 Å². The summed E-state index contributed by atoms with van der Waals surface area (Å²) in [4.78, 5) is 24.6. The molecule has 0 radical (unpaired) electrons. The maximum atomic E-state index is 12.7. The molecule has 2 amide bonds. The van der Waals surface area contributed by atoms with Gasteiger partial charge < -0.3 is 0 Å². The van der Waals surface area contributed by atoms with Crippen LogP contribution < -0.4 is 10.9 Å². The van der Waals surface area contributed by atoms with Gasteiger partial charge in [-0.1, -0.05) is 86.8 Å². The summed E-state index contributed by atoms with van der Waals surface area (Å²) in [5.74, 6) is -0.841. The van der Waals surface area contributed by atoms with Crippen LogP contribution in [-0.4, -0.2) is 11.8 Å². The monoisotopic (exact) mass is 338 g/mol. The van der Waals surface area contributed by atoms with E-state index in [1.54, 1.807) is 0 Å². The number of hydrazine groups is 1. The van der Waals surface area contributed by atoms with Crippen molar-refractivity contribution in [2.24, 2.45) is 0 Å². The van der Waals surface area contributed by atoms with Gasteiger partial charge in [-0.25, -0.2) is 0 Å². The second kappa shape index (κ2) is 10.3. The molecule has 0 heterocycles. The van der Waals surface area contributed by atoms with E-state index in [4.69, 9.17) is 0 Å². The quantitative estimate of drug-likeness (QED) is 0.566. The molecule has 0 aliphatic heterocycles. The van der Waals surface area contributed by atoms with Gasteiger partial charge in [0.05, 0.1) is 5.92 Å². The highest BCUT2D eigenvalue weighted by atomic mass is 16.2. The van der Waals surface area contributed by atoms with Gasteiger partial charge in [-0.05, 0) is 17.5 Å². The van der Waals surface area contributed by atoms with Crippen LogP contribution >= 0.6 is 0 Å². The van der Waals surface area contributed by atoms with Gasteiger partial charge in [-0.3, -0.25) is 20.4 Å². The van der Waals surface area contributed by atoms with Crippen molar-refractivity contribution in [3.8, 4) is 0 Å². The Labute approximate surface area is 149 Å². The summed E-state index contributed by atoms with van der Waals surface area (Å²) < 4.78 is 0. The number of carbonyl (C=O) groups excluding carboxylic acids is 2. The van der Waals surface area contributed by atoms with E-state index in [1.807, 2.05) is 60.7 Å². The molecule has 0 unspecified atom stereocenters. The summed E-state index contributed by atoms with van der Waals surface area (Å²) in [6, 6.07) is 19.1. The summed E-state index contributed by atoms with van der Waals surface area (Å²) >= 11 is 0. The molecule has 0 aliphatic carbocycles. The zero-order valence-electron chi connectivity index (χ0n) is 14.7. The van der Waals surface area contributed by atoms with E-state index in [0.717, 1.165) is 36.8 Å². The van der Waals surface area contributed by atoms with Crippen molar-refractivity contribution in [1.82, 2.24) is 10.9 Å². The molecule has 132 valence electrons. The van der Waals surface area contributed by atoms with E-state index in [1.165, 1.54) is 0 Å². The topological polar surface area (TPSA) is 58.2 Å². The van der Waals surface area contributed by atoms with Crippen LogP contribution in [0.4, 0.5) is 0 Å². The Kier molecular flexibility index (Phi) is 7.70. The lowest BCUT2D eigenvalue weighted by Crippen LogP contribution is -2.44. The summed E-state index contributed by atoms with van der Waals surface area (Å²) in [5, 5.41) is 0. The molecule has 0 spiro atoms. The molecule has 2 rings (SSSR count). The van der Waals surface area contributed by atoms with Gasteiger partial charge in [0.2, 0.25) is 11.8 Å². The molecular weight excluding hydrogens is 312 g/mol. The lowest BCUT2D eigenvalue weighted by molar-refractivity contribution is -0.129. The number of unbranched alkanes of at least 4 members (excludes halogenated alkanes) is 3. The lowest BCUT2D eigenvalue weighted by atomic mass is 9.91. The fraction of sp³-hybridized carbons (Fsp3) is 0.333. The van der Waals surface area contributed by atoms with E-state index >= 15 is 0 Å². The Morgan fingerprint density at radius 2 is 1.36 bits per heavy atom. The second-order valence-corrected chi connectivity index (χ2v) is 6.10. The first kappa shape index (κ1) is 18.7. The Morgan fingerprint density at radius 3 is 1.88 bits per heavy atom. The van der Waals surface area contributed by atoms with Crippen molar-refractivity contribution in [3.05, 3.63) is 71.8 Å². The van der Waals surface area contributed by atoms with Gasteiger partial charge >= 0.3 is 0 Å². The molecule has 0 aliphatic rings. The number of hydrogen-bond donors (Lipinski definition) is 2. The Bertz CT molecular complexity index is 617. The van der Waals surface area contributed by atoms with Crippen LogP contribution in [0.5, 0.6) is 0 Å². The SMILES string of the molecule is CCCCCCC(=O)NNC(=O)C(c1ccccc1)c1ccccc1. The number of hydrogen-bond acceptors (Lipinski definition) is 2. The first-order valence-corrected chi connectivity index (χ1v) is 8.91. The number of benzene rings is 2. The minimum absolute atomic E-state index is 0.149.